The van der Waals surface area contributed by atoms with E-state index < -0.39 is 29.2 Å². The van der Waals surface area contributed by atoms with Crippen molar-refractivity contribution in [2.75, 3.05) is 6.61 Å². The molecule has 0 spiro atoms. The van der Waals surface area contributed by atoms with E-state index in [1.54, 1.807) is 29.8 Å². The molecule has 2 aliphatic rings. The molecule has 2 N–H and O–H groups in total. The van der Waals surface area contributed by atoms with Gasteiger partial charge in [0.2, 0.25) is 5.43 Å². The van der Waals surface area contributed by atoms with Gasteiger partial charge in [-0.25, -0.2) is 4.98 Å². The molecule has 0 saturated carbocycles. The summed E-state index contributed by atoms with van der Waals surface area (Å²) in [6, 6.07) is 5.12. The molecule has 1 aromatic carbocycles. The predicted molar refractivity (Wildman–Crippen MR) is 115 cm³/mol. The lowest BCUT2D eigenvalue weighted by Crippen LogP contribution is -2.49. The third-order valence-electron chi connectivity index (χ3n) is 5.95. The van der Waals surface area contributed by atoms with E-state index in [0.717, 1.165) is 11.0 Å². The molecule has 1 saturated heterocycles. The van der Waals surface area contributed by atoms with Crippen molar-refractivity contribution in [3.05, 3.63) is 56.7 Å². The molecule has 1 fully saturated rings. The summed E-state index contributed by atoms with van der Waals surface area (Å²) in [5.74, 6) is -1.35. The van der Waals surface area contributed by atoms with Crippen LogP contribution in [0, 0.1) is 0 Å². The van der Waals surface area contributed by atoms with Gasteiger partial charge < -0.3 is 29.2 Å². The third-order valence-corrected chi connectivity index (χ3v) is 6.18. The Bertz CT molecular complexity index is 1350. The molecular formula is C21H20ClN5O5. The van der Waals surface area contributed by atoms with Crippen molar-refractivity contribution in [2.45, 2.75) is 32.3 Å². The number of carbonyl (C=O) groups is 2. The molecule has 0 unspecified atom stereocenters. The van der Waals surface area contributed by atoms with E-state index >= 15 is 0 Å². The second kappa shape index (κ2) is 7.35. The zero-order chi connectivity index (χ0) is 22.7. The summed E-state index contributed by atoms with van der Waals surface area (Å²) in [7, 11) is 1.80. The zero-order valence-electron chi connectivity index (χ0n) is 17.3. The van der Waals surface area contributed by atoms with E-state index in [4.69, 9.17) is 16.3 Å². The van der Waals surface area contributed by atoms with Crippen LogP contribution < -0.4 is 10.7 Å². The van der Waals surface area contributed by atoms with Gasteiger partial charge in [0.1, 0.15) is 11.4 Å². The van der Waals surface area contributed by atoms with Crippen molar-refractivity contribution in [1.82, 2.24) is 24.3 Å². The number of amides is 2. The lowest BCUT2D eigenvalue weighted by atomic mass is 10.1. The first kappa shape index (κ1) is 20.5. The molecule has 4 heterocycles. The van der Waals surface area contributed by atoms with Gasteiger partial charge >= 0.3 is 0 Å². The van der Waals surface area contributed by atoms with Crippen LogP contribution in [0.4, 0.5) is 0 Å². The lowest BCUT2D eigenvalue weighted by Gasteiger charge is -2.33. The number of fused-ring (bicyclic) bond motifs is 3. The highest BCUT2D eigenvalue weighted by atomic mass is 35.5. The summed E-state index contributed by atoms with van der Waals surface area (Å²) in [5, 5.41) is 13.7. The Morgan fingerprint density at radius 3 is 2.94 bits per heavy atom. The minimum absolute atomic E-state index is 0.0551. The van der Waals surface area contributed by atoms with Crippen molar-refractivity contribution in [3.63, 3.8) is 0 Å². The molecule has 2 amide bonds. The second-order valence-electron chi connectivity index (χ2n) is 7.97. The topological polar surface area (TPSA) is 119 Å². The number of halogens is 1. The van der Waals surface area contributed by atoms with Gasteiger partial charge in [-0.3, -0.25) is 14.4 Å². The van der Waals surface area contributed by atoms with Gasteiger partial charge in [0, 0.05) is 18.3 Å². The van der Waals surface area contributed by atoms with Crippen LogP contribution in [0.5, 0.6) is 5.75 Å². The van der Waals surface area contributed by atoms with Crippen molar-refractivity contribution >= 4 is 34.4 Å². The van der Waals surface area contributed by atoms with Crippen molar-refractivity contribution in [2.24, 2.45) is 7.05 Å². The number of ether oxygens (including phenoxy) is 1. The Balaban J connectivity index is 1.43. The van der Waals surface area contributed by atoms with Crippen molar-refractivity contribution in [1.29, 1.82) is 0 Å². The van der Waals surface area contributed by atoms with E-state index in [1.165, 1.54) is 15.7 Å². The number of benzene rings is 1. The number of imidazole rings is 1. The highest BCUT2D eigenvalue weighted by Gasteiger charge is 2.42. The average molecular weight is 458 g/mol. The number of rotatable bonds is 3. The molecular weight excluding hydrogens is 438 g/mol. The van der Waals surface area contributed by atoms with E-state index in [-0.39, 0.29) is 30.4 Å². The van der Waals surface area contributed by atoms with Gasteiger partial charge in [-0.1, -0.05) is 11.6 Å². The smallest absolute Gasteiger partial charge is 0.276 e. The standard InChI is InChI=1S/C21H20ClN5O5/c1-10-9-32-16-8-26-7-12(18(28)19(29)17(26)21(31)27(10)16)20(30)23-6-15-24-13-4-3-11(22)5-14(13)25(15)2/h3-5,7,10,16,29H,6,8-9H2,1-2H3,(H,23,30)/t10-,16+/m0/s1. The minimum Gasteiger partial charge on any atom is -0.503 e. The lowest BCUT2D eigenvalue weighted by molar-refractivity contribution is 0.00624. The van der Waals surface area contributed by atoms with Gasteiger partial charge in [-0.2, -0.15) is 0 Å². The Hall–Kier alpha value is -3.37. The first-order valence-electron chi connectivity index (χ1n) is 10.1. The highest BCUT2D eigenvalue weighted by Crippen LogP contribution is 2.29. The maximum absolute atomic E-state index is 12.8. The summed E-state index contributed by atoms with van der Waals surface area (Å²) in [6.45, 7) is 2.47. The number of pyridine rings is 1. The molecule has 0 radical (unpaired) electrons. The van der Waals surface area contributed by atoms with Gasteiger partial charge in [0.15, 0.2) is 17.7 Å². The molecule has 2 aromatic heterocycles. The van der Waals surface area contributed by atoms with Gasteiger partial charge in [0.25, 0.3) is 11.8 Å². The van der Waals surface area contributed by atoms with E-state index in [1.807, 2.05) is 6.92 Å². The molecule has 2 aliphatic heterocycles. The molecule has 3 aromatic rings. The van der Waals surface area contributed by atoms with Crippen LogP contribution in [0.3, 0.4) is 0 Å². The molecule has 11 heteroatoms. The normalized spacial score (nSPS) is 19.8. The molecule has 0 aliphatic carbocycles. The Kier molecular flexibility index (Phi) is 4.72. The number of carbonyl (C=O) groups excluding carboxylic acids is 2. The van der Waals surface area contributed by atoms with Gasteiger partial charge in [0.05, 0.1) is 36.8 Å². The predicted octanol–water partition coefficient (Wildman–Crippen LogP) is 1.22. The molecule has 32 heavy (non-hydrogen) atoms. The second-order valence-corrected chi connectivity index (χ2v) is 8.41. The fraction of sp³-hybridized carbons (Fsp3) is 0.333. The molecule has 10 nitrogen and oxygen atoms in total. The zero-order valence-corrected chi connectivity index (χ0v) is 18.1. The minimum atomic E-state index is -0.898. The monoisotopic (exact) mass is 457 g/mol. The van der Waals surface area contributed by atoms with Crippen LogP contribution in [-0.4, -0.2) is 54.8 Å². The molecule has 0 bridgehead atoms. The molecule has 2 atom stereocenters. The first-order valence-corrected chi connectivity index (χ1v) is 10.4. The Morgan fingerprint density at radius 1 is 1.38 bits per heavy atom. The summed E-state index contributed by atoms with van der Waals surface area (Å²) in [4.78, 5) is 44.3. The molecule has 5 rings (SSSR count). The Morgan fingerprint density at radius 2 is 2.16 bits per heavy atom. The summed E-state index contributed by atoms with van der Waals surface area (Å²) >= 11 is 6.04. The van der Waals surface area contributed by atoms with Gasteiger partial charge in [-0.05, 0) is 25.1 Å². The number of nitrogens with zero attached hydrogens (tertiary/aromatic N) is 4. The number of aromatic hydroxyl groups is 1. The van der Waals surface area contributed by atoms with Crippen LogP contribution in [0.25, 0.3) is 11.0 Å². The highest BCUT2D eigenvalue weighted by molar-refractivity contribution is 6.31. The first-order chi connectivity index (χ1) is 15.3. The number of hydrogen-bond donors (Lipinski definition) is 2. The van der Waals surface area contributed by atoms with Crippen LogP contribution in [0.1, 0.15) is 33.6 Å². The van der Waals surface area contributed by atoms with E-state index in [0.29, 0.717) is 17.5 Å². The summed E-state index contributed by atoms with van der Waals surface area (Å²) in [5.41, 5.74) is 0.237. The van der Waals surface area contributed by atoms with E-state index in [9.17, 15) is 19.5 Å². The Labute approximate surface area is 187 Å². The van der Waals surface area contributed by atoms with Crippen LogP contribution in [0.2, 0.25) is 5.02 Å². The summed E-state index contributed by atoms with van der Waals surface area (Å²) in [6.07, 6.45) is 0.790. The van der Waals surface area contributed by atoms with Gasteiger partial charge in [-0.15, -0.1) is 0 Å². The number of hydrogen-bond acceptors (Lipinski definition) is 6. The number of aromatic nitrogens is 3. The SMILES string of the molecule is C[C@H]1CO[C@@H]2Cn3cc(C(=O)NCc4nc5ccc(Cl)cc5n4C)c(=O)c(O)c3C(=O)N12. The third kappa shape index (κ3) is 3.06. The fourth-order valence-corrected chi connectivity index (χ4v) is 4.43. The van der Waals surface area contributed by atoms with Crippen molar-refractivity contribution in [3.8, 4) is 5.75 Å². The van der Waals surface area contributed by atoms with E-state index in [2.05, 4.69) is 10.3 Å². The average Bonchev–Trinajstić information content (AvgIpc) is 3.28. The molecule has 166 valence electrons. The number of aryl methyl sites for hydroxylation is 1. The maximum atomic E-state index is 12.8. The summed E-state index contributed by atoms with van der Waals surface area (Å²) < 4.78 is 8.83. The maximum Gasteiger partial charge on any atom is 0.276 e. The van der Waals surface area contributed by atoms with Crippen LogP contribution in [-0.2, 0) is 24.9 Å². The van der Waals surface area contributed by atoms with Crippen LogP contribution in [0.15, 0.2) is 29.2 Å². The largest absolute Gasteiger partial charge is 0.503 e. The number of nitrogens with one attached hydrogen (secondary N) is 1. The quantitative estimate of drug-likeness (QED) is 0.610. The van der Waals surface area contributed by atoms with Crippen molar-refractivity contribution < 1.29 is 19.4 Å². The van der Waals surface area contributed by atoms with Crippen LogP contribution >= 0.6 is 11.6 Å². The fourth-order valence-electron chi connectivity index (χ4n) is 4.26.